The molecule has 8 heteroatoms. The van der Waals surface area contributed by atoms with E-state index in [0.29, 0.717) is 23.9 Å². The van der Waals surface area contributed by atoms with E-state index < -0.39 is 10.0 Å². The molecule has 1 aliphatic rings. The highest BCUT2D eigenvalue weighted by atomic mass is 35.5. The number of aryl methyl sites for hydroxylation is 2. The first-order chi connectivity index (χ1) is 13.3. The van der Waals surface area contributed by atoms with Gasteiger partial charge in [0, 0.05) is 26.2 Å². The van der Waals surface area contributed by atoms with Crippen molar-refractivity contribution in [3.8, 4) is 5.75 Å². The number of rotatable bonds is 5. The molecule has 2 aromatic carbocycles. The zero-order valence-corrected chi connectivity index (χ0v) is 17.5. The van der Waals surface area contributed by atoms with Crippen LogP contribution in [0.15, 0.2) is 47.4 Å². The Hall–Kier alpha value is -2.09. The average Bonchev–Trinajstić information content (AvgIpc) is 2.69. The van der Waals surface area contributed by atoms with E-state index in [-0.39, 0.29) is 30.5 Å². The molecule has 0 aliphatic carbocycles. The Morgan fingerprint density at radius 3 is 2.36 bits per heavy atom. The molecule has 3 rings (SSSR count). The molecule has 0 unspecified atom stereocenters. The van der Waals surface area contributed by atoms with Crippen LogP contribution in [0.2, 0.25) is 5.02 Å². The molecule has 0 bridgehead atoms. The summed E-state index contributed by atoms with van der Waals surface area (Å²) in [7, 11) is -3.56. The summed E-state index contributed by atoms with van der Waals surface area (Å²) in [6.07, 6.45) is 0. The number of nitrogens with zero attached hydrogens (tertiary/aromatic N) is 2. The Bertz CT molecular complexity index is 970. The fourth-order valence-electron chi connectivity index (χ4n) is 2.99. The molecule has 150 valence electrons. The van der Waals surface area contributed by atoms with Gasteiger partial charge in [-0.1, -0.05) is 29.8 Å². The van der Waals surface area contributed by atoms with Gasteiger partial charge in [0.25, 0.3) is 5.91 Å². The first-order valence-electron chi connectivity index (χ1n) is 9.01. The van der Waals surface area contributed by atoms with Crippen LogP contribution in [0.5, 0.6) is 5.75 Å². The van der Waals surface area contributed by atoms with Crippen LogP contribution in [0.1, 0.15) is 11.1 Å². The second kappa shape index (κ2) is 8.51. The predicted octanol–water partition coefficient (Wildman–Crippen LogP) is 2.87. The standard InChI is InChI=1S/C20H23ClN2O4S/c1-15-7-8-17(13-16(15)2)28(25,26)23-11-9-22(10-12-23)20(24)14-27-19-6-4-3-5-18(19)21/h3-8,13H,9-12,14H2,1-2H3. The van der Waals surface area contributed by atoms with Crippen molar-refractivity contribution >= 4 is 27.5 Å². The van der Waals surface area contributed by atoms with Gasteiger partial charge in [0.05, 0.1) is 9.92 Å². The molecular weight excluding hydrogens is 400 g/mol. The zero-order chi connectivity index (χ0) is 20.3. The Kier molecular flexibility index (Phi) is 6.27. The van der Waals surface area contributed by atoms with E-state index in [1.165, 1.54) is 4.31 Å². The molecule has 0 radical (unpaired) electrons. The third-order valence-electron chi connectivity index (χ3n) is 4.90. The van der Waals surface area contributed by atoms with Crippen molar-refractivity contribution in [3.63, 3.8) is 0 Å². The molecule has 1 aliphatic heterocycles. The molecule has 0 spiro atoms. The van der Waals surface area contributed by atoms with E-state index in [0.717, 1.165) is 11.1 Å². The summed E-state index contributed by atoms with van der Waals surface area (Å²) in [4.78, 5) is 14.3. The van der Waals surface area contributed by atoms with Gasteiger partial charge in [-0.15, -0.1) is 0 Å². The summed E-state index contributed by atoms with van der Waals surface area (Å²) in [5.74, 6) is 0.261. The maximum Gasteiger partial charge on any atom is 0.260 e. The lowest BCUT2D eigenvalue weighted by molar-refractivity contribution is -0.134. The van der Waals surface area contributed by atoms with Gasteiger partial charge in [-0.25, -0.2) is 8.42 Å². The van der Waals surface area contributed by atoms with E-state index in [9.17, 15) is 13.2 Å². The molecule has 1 heterocycles. The number of carbonyl (C=O) groups is 1. The number of piperazine rings is 1. The van der Waals surface area contributed by atoms with E-state index >= 15 is 0 Å². The molecule has 6 nitrogen and oxygen atoms in total. The Morgan fingerprint density at radius 2 is 1.71 bits per heavy atom. The minimum absolute atomic E-state index is 0.131. The minimum atomic E-state index is -3.56. The van der Waals surface area contributed by atoms with Crippen molar-refractivity contribution in [3.05, 3.63) is 58.6 Å². The lowest BCUT2D eigenvalue weighted by Gasteiger charge is -2.34. The van der Waals surface area contributed by atoms with Crippen LogP contribution in [0.4, 0.5) is 0 Å². The number of para-hydroxylation sites is 1. The third-order valence-corrected chi connectivity index (χ3v) is 7.10. The Labute approximate surface area is 170 Å². The highest BCUT2D eigenvalue weighted by Crippen LogP contribution is 2.23. The van der Waals surface area contributed by atoms with Gasteiger partial charge < -0.3 is 9.64 Å². The lowest BCUT2D eigenvalue weighted by Crippen LogP contribution is -2.51. The zero-order valence-electron chi connectivity index (χ0n) is 15.9. The van der Waals surface area contributed by atoms with Crippen molar-refractivity contribution < 1.29 is 17.9 Å². The Morgan fingerprint density at radius 1 is 1.04 bits per heavy atom. The lowest BCUT2D eigenvalue weighted by atomic mass is 10.1. The van der Waals surface area contributed by atoms with E-state index in [2.05, 4.69) is 0 Å². The largest absolute Gasteiger partial charge is 0.482 e. The molecule has 0 N–H and O–H groups in total. The summed E-state index contributed by atoms with van der Waals surface area (Å²) in [6.45, 7) is 4.88. The molecule has 1 fully saturated rings. The third kappa shape index (κ3) is 4.48. The number of halogens is 1. The van der Waals surface area contributed by atoms with E-state index in [1.807, 2.05) is 19.9 Å². The van der Waals surface area contributed by atoms with Crippen LogP contribution in [0.25, 0.3) is 0 Å². The number of amides is 1. The van der Waals surface area contributed by atoms with Gasteiger partial charge in [0.2, 0.25) is 10.0 Å². The van der Waals surface area contributed by atoms with E-state index in [1.54, 1.807) is 41.3 Å². The quantitative estimate of drug-likeness (QED) is 0.743. The van der Waals surface area contributed by atoms with Crippen LogP contribution in [-0.4, -0.2) is 56.3 Å². The molecule has 28 heavy (non-hydrogen) atoms. The van der Waals surface area contributed by atoms with Gasteiger partial charge in [0.1, 0.15) is 5.75 Å². The normalized spacial score (nSPS) is 15.5. The Balaban J connectivity index is 1.58. The van der Waals surface area contributed by atoms with Gasteiger partial charge in [-0.3, -0.25) is 4.79 Å². The van der Waals surface area contributed by atoms with Crippen molar-refractivity contribution in [1.29, 1.82) is 0 Å². The minimum Gasteiger partial charge on any atom is -0.482 e. The van der Waals surface area contributed by atoms with Crippen LogP contribution in [-0.2, 0) is 14.8 Å². The van der Waals surface area contributed by atoms with E-state index in [4.69, 9.17) is 16.3 Å². The fraction of sp³-hybridized carbons (Fsp3) is 0.350. The SMILES string of the molecule is Cc1ccc(S(=O)(=O)N2CCN(C(=O)COc3ccccc3Cl)CC2)cc1C. The molecular formula is C20H23ClN2O4S. The van der Waals surface area contributed by atoms with Crippen LogP contribution in [0, 0.1) is 13.8 Å². The van der Waals surface area contributed by atoms with Crippen LogP contribution < -0.4 is 4.74 Å². The molecule has 1 amide bonds. The van der Waals surface area contributed by atoms with Gasteiger partial charge in [0.15, 0.2) is 6.61 Å². The molecule has 2 aromatic rings. The number of hydrogen-bond donors (Lipinski definition) is 0. The highest BCUT2D eigenvalue weighted by Gasteiger charge is 2.30. The van der Waals surface area contributed by atoms with Crippen molar-refractivity contribution in [2.75, 3.05) is 32.8 Å². The number of hydrogen-bond acceptors (Lipinski definition) is 4. The monoisotopic (exact) mass is 422 g/mol. The van der Waals surface area contributed by atoms with Gasteiger partial charge in [-0.2, -0.15) is 4.31 Å². The topological polar surface area (TPSA) is 66.9 Å². The van der Waals surface area contributed by atoms with Gasteiger partial charge in [-0.05, 0) is 49.2 Å². The maximum absolute atomic E-state index is 12.9. The second-order valence-corrected chi connectivity index (χ2v) is 9.10. The fourth-order valence-corrected chi connectivity index (χ4v) is 4.69. The van der Waals surface area contributed by atoms with Crippen molar-refractivity contribution in [2.45, 2.75) is 18.7 Å². The van der Waals surface area contributed by atoms with Gasteiger partial charge >= 0.3 is 0 Å². The molecule has 0 atom stereocenters. The summed E-state index contributed by atoms with van der Waals surface area (Å²) in [5, 5.41) is 0.444. The first-order valence-corrected chi connectivity index (χ1v) is 10.8. The smallest absolute Gasteiger partial charge is 0.260 e. The van der Waals surface area contributed by atoms with Crippen LogP contribution in [0.3, 0.4) is 0 Å². The number of sulfonamides is 1. The van der Waals surface area contributed by atoms with Crippen molar-refractivity contribution in [1.82, 2.24) is 9.21 Å². The number of ether oxygens (including phenoxy) is 1. The molecule has 0 aromatic heterocycles. The van der Waals surface area contributed by atoms with Crippen molar-refractivity contribution in [2.24, 2.45) is 0 Å². The summed E-state index contributed by atoms with van der Waals surface area (Å²) >= 11 is 6.02. The summed E-state index contributed by atoms with van der Waals surface area (Å²) in [6, 6.07) is 12.1. The highest BCUT2D eigenvalue weighted by molar-refractivity contribution is 7.89. The summed E-state index contributed by atoms with van der Waals surface area (Å²) in [5.41, 5.74) is 1.99. The predicted molar refractivity (Wildman–Crippen MR) is 108 cm³/mol. The molecule has 1 saturated heterocycles. The second-order valence-electron chi connectivity index (χ2n) is 6.75. The summed E-state index contributed by atoms with van der Waals surface area (Å²) < 4.78 is 32.6. The van der Waals surface area contributed by atoms with Crippen LogP contribution >= 0.6 is 11.6 Å². The average molecular weight is 423 g/mol. The maximum atomic E-state index is 12.9. The number of benzene rings is 2. The first kappa shape index (κ1) is 20.6. The molecule has 0 saturated carbocycles. The number of carbonyl (C=O) groups excluding carboxylic acids is 1.